The number of hydrogen-bond acceptors (Lipinski definition) is 4. The lowest BCUT2D eigenvalue weighted by atomic mass is 10.2. The van der Waals surface area contributed by atoms with Crippen LogP contribution < -0.4 is 9.64 Å². The van der Waals surface area contributed by atoms with Crippen LogP contribution in [0.3, 0.4) is 0 Å². The van der Waals surface area contributed by atoms with E-state index in [1.807, 2.05) is 35.2 Å². The van der Waals surface area contributed by atoms with Crippen LogP contribution in [0.4, 0.5) is 15.8 Å². The van der Waals surface area contributed by atoms with Crippen molar-refractivity contribution in [2.75, 3.05) is 38.3 Å². The molecule has 1 aliphatic heterocycles. The second-order valence-electron chi connectivity index (χ2n) is 5.27. The molecule has 0 bridgehead atoms. The maximum Gasteiger partial charge on any atom is 0.147 e. The molecule has 0 saturated carbocycles. The monoisotopic (exact) mass is 314 g/mol. The summed E-state index contributed by atoms with van der Waals surface area (Å²) in [5.41, 5.74) is 2.15. The highest BCUT2D eigenvalue weighted by atomic mass is 19.1. The molecule has 1 fully saturated rings. The molecule has 0 radical (unpaired) electrons. The molecule has 0 aromatic heterocycles. The Bertz CT molecular complexity index is 680. The Morgan fingerprint density at radius 2 is 1.87 bits per heavy atom. The standard InChI is InChI=1S/C18H19FN2O2/c1-22-16-5-3-15(4-6-16)20-13-14-2-7-18(17(19)12-14)21-8-10-23-11-9-21/h2-7,12-13H,8-11H2,1H3. The normalized spacial score (nSPS) is 15.1. The van der Waals surface area contributed by atoms with Gasteiger partial charge in [0.2, 0.25) is 0 Å². The number of nitrogens with zero attached hydrogens (tertiary/aromatic N) is 2. The molecule has 1 aliphatic rings. The minimum atomic E-state index is -0.231. The van der Waals surface area contributed by atoms with Gasteiger partial charge in [0.1, 0.15) is 11.6 Å². The minimum absolute atomic E-state index is 0.231. The lowest BCUT2D eigenvalue weighted by molar-refractivity contribution is 0.122. The van der Waals surface area contributed by atoms with Crippen LogP contribution >= 0.6 is 0 Å². The van der Waals surface area contributed by atoms with Crippen molar-refractivity contribution in [3.05, 3.63) is 53.8 Å². The fourth-order valence-electron chi connectivity index (χ4n) is 2.48. The summed E-state index contributed by atoms with van der Waals surface area (Å²) in [4.78, 5) is 6.36. The third kappa shape index (κ3) is 3.87. The van der Waals surface area contributed by atoms with Crippen LogP contribution in [-0.2, 0) is 4.74 Å². The van der Waals surface area contributed by atoms with E-state index in [-0.39, 0.29) is 5.82 Å². The second-order valence-corrected chi connectivity index (χ2v) is 5.27. The van der Waals surface area contributed by atoms with Gasteiger partial charge >= 0.3 is 0 Å². The van der Waals surface area contributed by atoms with Gasteiger partial charge in [-0.15, -0.1) is 0 Å². The van der Waals surface area contributed by atoms with Gasteiger partial charge in [-0.3, -0.25) is 4.99 Å². The first-order chi connectivity index (χ1) is 11.3. The molecule has 1 heterocycles. The number of rotatable bonds is 4. The highest BCUT2D eigenvalue weighted by Gasteiger charge is 2.14. The molecule has 3 rings (SSSR count). The minimum Gasteiger partial charge on any atom is -0.497 e. The number of aliphatic imine (C=N–C) groups is 1. The van der Waals surface area contributed by atoms with E-state index in [9.17, 15) is 4.39 Å². The average Bonchev–Trinajstić information content (AvgIpc) is 2.61. The maximum atomic E-state index is 14.3. The fraction of sp³-hybridized carbons (Fsp3) is 0.278. The van der Waals surface area contributed by atoms with Crippen molar-refractivity contribution in [3.8, 4) is 5.75 Å². The number of morpholine rings is 1. The van der Waals surface area contributed by atoms with Crippen LogP contribution in [0.15, 0.2) is 47.5 Å². The van der Waals surface area contributed by atoms with Gasteiger partial charge in [-0.1, -0.05) is 6.07 Å². The zero-order chi connectivity index (χ0) is 16.1. The van der Waals surface area contributed by atoms with E-state index in [1.54, 1.807) is 19.4 Å². The fourth-order valence-corrected chi connectivity index (χ4v) is 2.48. The molecule has 0 N–H and O–H groups in total. The first-order valence-corrected chi connectivity index (χ1v) is 7.56. The van der Waals surface area contributed by atoms with E-state index in [0.29, 0.717) is 18.9 Å². The summed E-state index contributed by atoms with van der Waals surface area (Å²) < 4.78 is 24.7. The zero-order valence-corrected chi connectivity index (χ0v) is 13.0. The maximum absolute atomic E-state index is 14.3. The van der Waals surface area contributed by atoms with Crippen molar-refractivity contribution in [1.29, 1.82) is 0 Å². The molecular formula is C18H19FN2O2. The van der Waals surface area contributed by atoms with Gasteiger partial charge in [-0.05, 0) is 42.0 Å². The van der Waals surface area contributed by atoms with Gasteiger partial charge in [-0.25, -0.2) is 4.39 Å². The van der Waals surface area contributed by atoms with Gasteiger partial charge in [-0.2, -0.15) is 0 Å². The number of benzene rings is 2. The Hall–Kier alpha value is -2.40. The number of anilines is 1. The smallest absolute Gasteiger partial charge is 0.147 e. The molecule has 2 aromatic carbocycles. The van der Waals surface area contributed by atoms with Gasteiger partial charge in [0.25, 0.3) is 0 Å². The molecule has 0 amide bonds. The summed E-state index contributed by atoms with van der Waals surface area (Å²) in [6.45, 7) is 2.71. The largest absolute Gasteiger partial charge is 0.497 e. The van der Waals surface area contributed by atoms with Crippen LogP contribution in [0, 0.1) is 5.82 Å². The van der Waals surface area contributed by atoms with Crippen LogP contribution in [-0.4, -0.2) is 39.6 Å². The van der Waals surface area contributed by atoms with E-state index in [2.05, 4.69) is 4.99 Å². The van der Waals surface area contributed by atoms with Gasteiger partial charge in [0.15, 0.2) is 0 Å². The molecule has 23 heavy (non-hydrogen) atoms. The third-order valence-corrected chi connectivity index (χ3v) is 3.76. The summed E-state index contributed by atoms with van der Waals surface area (Å²) in [5.74, 6) is 0.551. The molecule has 4 nitrogen and oxygen atoms in total. The van der Waals surface area contributed by atoms with Crippen LogP contribution in [0.25, 0.3) is 0 Å². The summed E-state index contributed by atoms with van der Waals surface area (Å²) >= 11 is 0. The van der Waals surface area contributed by atoms with E-state index in [1.165, 1.54) is 6.07 Å². The first-order valence-electron chi connectivity index (χ1n) is 7.56. The first kappa shape index (κ1) is 15.5. The van der Waals surface area contributed by atoms with Crippen molar-refractivity contribution in [1.82, 2.24) is 0 Å². The molecule has 0 aliphatic carbocycles. The van der Waals surface area contributed by atoms with Gasteiger partial charge in [0, 0.05) is 19.3 Å². The summed E-state index contributed by atoms with van der Waals surface area (Å²) in [5, 5.41) is 0. The molecule has 5 heteroatoms. The molecule has 0 spiro atoms. The number of methoxy groups -OCH3 is 1. The molecule has 1 saturated heterocycles. The van der Waals surface area contributed by atoms with Gasteiger partial charge in [0.05, 0.1) is 31.7 Å². The van der Waals surface area contributed by atoms with Crippen molar-refractivity contribution < 1.29 is 13.9 Å². The molecule has 0 unspecified atom stereocenters. The summed E-state index contributed by atoms with van der Waals surface area (Å²) in [6.07, 6.45) is 1.66. The van der Waals surface area contributed by atoms with Crippen LogP contribution in [0.1, 0.15) is 5.56 Å². The third-order valence-electron chi connectivity index (χ3n) is 3.76. The predicted molar refractivity (Wildman–Crippen MR) is 89.7 cm³/mol. The molecular weight excluding hydrogens is 295 g/mol. The van der Waals surface area contributed by atoms with E-state index < -0.39 is 0 Å². The Labute approximate surface area is 135 Å². The molecule has 2 aromatic rings. The predicted octanol–water partition coefficient (Wildman–Crippen LogP) is 3.42. The number of halogens is 1. The summed E-state index contributed by atoms with van der Waals surface area (Å²) in [6, 6.07) is 12.6. The van der Waals surface area contributed by atoms with E-state index >= 15 is 0 Å². The van der Waals surface area contributed by atoms with E-state index in [4.69, 9.17) is 9.47 Å². The van der Waals surface area contributed by atoms with Crippen molar-refractivity contribution in [2.24, 2.45) is 4.99 Å². The highest BCUT2D eigenvalue weighted by Crippen LogP contribution is 2.22. The van der Waals surface area contributed by atoms with Crippen LogP contribution in [0.5, 0.6) is 5.75 Å². The topological polar surface area (TPSA) is 34.1 Å². The number of ether oxygens (including phenoxy) is 2. The molecule has 0 atom stereocenters. The number of hydrogen-bond donors (Lipinski definition) is 0. The van der Waals surface area contributed by atoms with Crippen molar-refractivity contribution in [3.63, 3.8) is 0 Å². The SMILES string of the molecule is COc1ccc(N=Cc2ccc(N3CCOCC3)c(F)c2)cc1. The Morgan fingerprint density at radius 1 is 1.13 bits per heavy atom. The van der Waals surface area contributed by atoms with Crippen molar-refractivity contribution in [2.45, 2.75) is 0 Å². The Morgan fingerprint density at radius 3 is 2.52 bits per heavy atom. The quantitative estimate of drug-likeness (QED) is 0.811. The molecule has 120 valence electrons. The lowest BCUT2D eigenvalue weighted by Crippen LogP contribution is -2.36. The average molecular weight is 314 g/mol. The van der Waals surface area contributed by atoms with Crippen molar-refractivity contribution >= 4 is 17.6 Å². The van der Waals surface area contributed by atoms with Crippen LogP contribution in [0.2, 0.25) is 0 Å². The lowest BCUT2D eigenvalue weighted by Gasteiger charge is -2.29. The zero-order valence-electron chi connectivity index (χ0n) is 13.0. The van der Waals surface area contributed by atoms with E-state index in [0.717, 1.165) is 30.1 Å². The Kier molecular flexibility index (Phi) is 4.88. The van der Waals surface area contributed by atoms with Gasteiger partial charge < -0.3 is 14.4 Å². The second kappa shape index (κ2) is 7.24. The Balaban J connectivity index is 1.72. The summed E-state index contributed by atoms with van der Waals surface area (Å²) in [7, 11) is 1.62. The highest BCUT2D eigenvalue weighted by molar-refractivity contribution is 5.82.